The van der Waals surface area contributed by atoms with Gasteiger partial charge in [0.15, 0.2) is 15.8 Å². The molecule has 12 heteroatoms. The quantitative estimate of drug-likeness (QED) is 0.0939. The lowest BCUT2D eigenvalue weighted by Crippen LogP contribution is -2.29. The molecule has 4 aromatic rings. The maximum atomic E-state index is 13.4. The van der Waals surface area contributed by atoms with E-state index in [1.54, 1.807) is 36.4 Å². The molecular weight excluding hydrogens is 557 g/mol. The Labute approximate surface area is 236 Å². The van der Waals surface area contributed by atoms with Crippen LogP contribution in [0.5, 0.6) is 17.2 Å². The van der Waals surface area contributed by atoms with Crippen molar-refractivity contribution in [2.45, 2.75) is 16.1 Å². The van der Waals surface area contributed by atoms with Crippen LogP contribution in [0, 0.1) is 5.82 Å². The predicted molar refractivity (Wildman–Crippen MR) is 148 cm³/mol. The highest BCUT2D eigenvalue weighted by Gasteiger charge is 2.48. The summed E-state index contributed by atoms with van der Waals surface area (Å²) in [6, 6.07) is 15.8. The van der Waals surface area contributed by atoms with Crippen LogP contribution in [0.25, 0.3) is 5.76 Å². The zero-order chi connectivity index (χ0) is 28.4. The van der Waals surface area contributed by atoms with E-state index in [1.807, 2.05) is 0 Å². The molecule has 1 aliphatic heterocycles. The Morgan fingerprint density at radius 2 is 1.75 bits per heavy atom. The minimum Gasteiger partial charge on any atom is -0.507 e. The minimum atomic E-state index is -1.08. The smallest absolute Gasteiger partial charge is 0.301 e. The zero-order valence-corrected chi connectivity index (χ0v) is 22.8. The van der Waals surface area contributed by atoms with Gasteiger partial charge in [-0.15, -0.1) is 10.2 Å². The third-order valence-electron chi connectivity index (χ3n) is 6.20. The number of nitrogens with zero attached hydrogens (tertiary/aromatic N) is 3. The van der Waals surface area contributed by atoms with Crippen LogP contribution in [0.1, 0.15) is 22.7 Å². The first-order chi connectivity index (χ1) is 19.3. The maximum Gasteiger partial charge on any atom is 0.301 e. The molecule has 2 N–H and O–H groups in total. The molecule has 1 fully saturated rings. The first-order valence-electron chi connectivity index (χ1n) is 11.8. The van der Waals surface area contributed by atoms with Gasteiger partial charge in [-0.1, -0.05) is 41.3 Å². The molecule has 0 radical (unpaired) electrons. The second-order valence-electron chi connectivity index (χ2n) is 8.59. The molecule has 0 saturated carbocycles. The number of amides is 1. The summed E-state index contributed by atoms with van der Waals surface area (Å²) in [5, 5.41) is 29.9. The summed E-state index contributed by atoms with van der Waals surface area (Å²) in [5.74, 6) is -1.47. The Kier molecular flexibility index (Phi) is 7.71. The Morgan fingerprint density at radius 3 is 2.42 bits per heavy atom. The van der Waals surface area contributed by atoms with E-state index in [0.29, 0.717) is 27.0 Å². The Balaban J connectivity index is 1.56. The molecule has 40 heavy (non-hydrogen) atoms. The van der Waals surface area contributed by atoms with Gasteiger partial charge < -0.3 is 19.7 Å². The number of aromatic nitrogens is 2. The van der Waals surface area contributed by atoms with Gasteiger partial charge in [-0.05, 0) is 59.7 Å². The fourth-order valence-electron chi connectivity index (χ4n) is 4.20. The van der Waals surface area contributed by atoms with Crippen LogP contribution in [0.3, 0.4) is 0 Å². The third-order valence-corrected chi connectivity index (χ3v) is 8.33. The van der Waals surface area contributed by atoms with Crippen LogP contribution >= 0.6 is 23.1 Å². The summed E-state index contributed by atoms with van der Waals surface area (Å²) < 4.78 is 24.2. The summed E-state index contributed by atoms with van der Waals surface area (Å²) in [6.45, 7) is 0. The second-order valence-corrected chi connectivity index (χ2v) is 10.8. The van der Waals surface area contributed by atoms with Crippen molar-refractivity contribution in [1.29, 1.82) is 0 Å². The average Bonchev–Trinajstić information content (AvgIpc) is 3.54. The molecule has 2 heterocycles. The highest BCUT2D eigenvalue weighted by atomic mass is 32.2. The lowest BCUT2D eigenvalue weighted by atomic mass is 9.95. The molecule has 0 aliphatic carbocycles. The first kappa shape index (κ1) is 27.2. The van der Waals surface area contributed by atoms with Gasteiger partial charge in [-0.3, -0.25) is 14.5 Å². The van der Waals surface area contributed by atoms with Gasteiger partial charge in [-0.25, -0.2) is 4.39 Å². The lowest BCUT2D eigenvalue weighted by molar-refractivity contribution is -0.132. The number of rotatable bonds is 8. The zero-order valence-electron chi connectivity index (χ0n) is 21.2. The molecule has 1 aliphatic rings. The molecule has 9 nitrogen and oxygen atoms in total. The lowest BCUT2D eigenvalue weighted by Gasteiger charge is -2.23. The first-order valence-corrected chi connectivity index (χ1v) is 13.6. The van der Waals surface area contributed by atoms with Crippen molar-refractivity contribution in [2.75, 3.05) is 19.1 Å². The number of aliphatic hydroxyl groups is 1. The average molecular weight is 580 g/mol. The number of phenols is 1. The van der Waals surface area contributed by atoms with E-state index < -0.39 is 17.7 Å². The van der Waals surface area contributed by atoms with E-state index in [9.17, 15) is 24.2 Å². The number of aliphatic hydroxyl groups excluding tert-OH is 1. The van der Waals surface area contributed by atoms with Gasteiger partial charge >= 0.3 is 5.91 Å². The molecule has 0 bridgehead atoms. The van der Waals surface area contributed by atoms with Gasteiger partial charge in [-0.2, -0.15) is 0 Å². The highest BCUT2D eigenvalue weighted by molar-refractivity contribution is 8.00. The largest absolute Gasteiger partial charge is 0.507 e. The number of hydrogen-bond donors (Lipinski definition) is 2. The van der Waals surface area contributed by atoms with Crippen molar-refractivity contribution >= 4 is 45.7 Å². The monoisotopic (exact) mass is 579 g/mol. The fourth-order valence-corrected chi connectivity index (χ4v) is 6.02. The van der Waals surface area contributed by atoms with Crippen molar-refractivity contribution in [3.05, 3.63) is 94.8 Å². The molecule has 204 valence electrons. The Hall–Kier alpha value is -4.42. The topological polar surface area (TPSA) is 122 Å². The van der Waals surface area contributed by atoms with E-state index in [1.165, 1.54) is 61.2 Å². The number of benzene rings is 3. The molecule has 1 atom stereocenters. The number of anilines is 1. The minimum absolute atomic E-state index is 0.125. The van der Waals surface area contributed by atoms with E-state index in [0.717, 1.165) is 16.9 Å². The molecule has 1 amide bonds. The van der Waals surface area contributed by atoms with Gasteiger partial charge in [0.25, 0.3) is 5.78 Å². The molecule has 3 aromatic carbocycles. The predicted octanol–water partition coefficient (Wildman–Crippen LogP) is 5.32. The molecule has 5 rings (SSSR count). The van der Waals surface area contributed by atoms with Gasteiger partial charge in [0.2, 0.25) is 5.13 Å². The number of carbonyl (C=O) groups excluding carboxylic acids is 2. The molecule has 0 spiro atoms. The number of Topliss-reactive ketones (excluding diaryl/α,β-unsaturated/α-hetero) is 1. The number of hydrogen-bond acceptors (Lipinski definition) is 10. The van der Waals surface area contributed by atoms with E-state index >= 15 is 0 Å². The Morgan fingerprint density at radius 1 is 1.02 bits per heavy atom. The van der Waals surface area contributed by atoms with Crippen molar-refractivity contribution in [3.8, 4) is 17.2 Å². The van der Waals surface area contributed by atoms with E-state index in [4.69, 9.17) is 9.47 Å². The molecule has 1 saturated heterocycles. The summed E-state index contributed by atoms with van der Waals surface area (Å²) in [4.78, 5) is 28.0. The number of carbonyl (C=O) groups is 2. The number of ether oxygens (including phenoxy) is 2. The van der Waals surface area contributed by atoms with Crippen molar-refractivity contribution in [2.24, 2.45) is 0 Å². The Bertz CT molecular complexity index is 1610. The molecule has 1 unspecified atom stereocenters. The van der Waals surface area contributed by atoms with E-state index in [-0.39, 0.29) is 33.8 Å². The van der Waals surface area contributed by atoms with Crippen LogP contribution in [0.15, 0.2) is 76.6 Å². The highest BCUT2D eigenvalue weighted by Crippen LogP contribution is 2.45. The summed E-state index contributed by atoms with van der Waals surface area (Å²) >= 11 is 2.45. The van der Waals surface area contributed by atoms with Crippen molar-refractivity contribution in [3.63, 3.8) is 0 Å². The van der Waals surface area contributed by atoms with Gasteiger partial charge in [0.1, 0.15) is 17.3 Å². The van der Waals surface area contributed by atoms with E-state index in [2.05, 4.69) is 10.2 Å². The molecule has 1 aromatic heterocycles. The number of aromatic hydroxyl groups is 1. The van der Waals surface area contributed by atoms with Crippen LogP contribution in [-0.4, -0.2) is 46.3 Å². The molecular formula is C28H22FN3O6S2. The van der Waals surface area contributed by atoms with Gasteiger partial charge in [0, 0.05) is 11.3 Å². The summed E-state index contributed by atoms with van der Waals surface area (Å²) in [7, 11) is 2.88. The summed E-state index contributed by atoms with van der Waals surface area (Å²) in [6.07, 6.45) is 0. The van der Waals surface area contributed by atoms with Crippen LogP contribution in [0.2, 0.25) is 0 Å². The number of halogens is 1. The normalized spacial score (nSPS) is 16.4. The number of phenolic OH excluding ortho intramolecular Hbond substituents is 1. The SMILES string of the molecule is COc1ccc(/C(O)=C2/C(=O)C(=O)N(c3nnc(SCc4ccc(F)cc4)s3)C2c2ccc(O)c(OC)c2)cc1. The standard InChI is InChI=1S/C28H22FN3O6S2/c1-37-19-10-5-16(6-11-19)24(34)22-23(17-7-12-20(33)21(13-17)38-2)32(26(36)25(22)35)27-30-31-28(40-27)39-14-15-3-8-18(29)9-4-15/h3-13,23,33-34H,14H2,1-2H3/b24-22-. The third kappa shape index (κ3) is 5.23. The van der Waals surface area contributed by atoms with Crippen molar-refractivity contribution < 1.29 is 33.7 Å². The number of ketones is 1. The number of thioether (sulfide) groups is 1. The van der Waals surface area contributed by atoms with Crippen LogP contribution < -0.4 is 14.4 Å². The number of methoxy groups -OCH3 is 2. The van der Waals surface area contributed by atoms with Gasteiger partial charge in [0.05, 0.1) is 25.8 Å². The maximum absolute atomic E-state index is 13.4. The fraction of sp³-hybridized carbons (Fsp3) is 0.143. The van der Waals surface area contributed by atoms with Crippen LogP contribution in [-0.2, 0) is 15.3 Å². The van der Waals surface area contributed by atoms with Crippen LogP contribution in [0.4, 0.5) is 9.52 Å². The second kappa shape index (κ2) is 11.4. The van der Waals surface area contributed by atoms with Crippen molar-refractivity contribution in [1.82, 2.24) is 10.2 Å². The summed E-state index contributed by atoms with van der Waals surface area (Å²) in [5.41, 5.74) is 1.43.